The van der Waals surface area contributed by atoms with Crippen LogP contribution in [0, 0.1) is 12.8 Å². The number of aryl methyl sites for hydroxylation is 1. The van der Waals surface area contributed by atoms with Crippen LogP contribution in [0.3, 0.4) is 0 Å². The fourth-order valence-electron chi connectivity index (χ4n) is 3.42. The highest BCUT2D eigenvalue weighted by molar-refractivity contribution is 6.01. The van der Waals surface area contributed by atoms with E-state index in [9.17, 15) is 19.5 Å². The Kier molecular flexibility index (Phi) is 5.13. The van der Waals surface area contributed by atoms with Crippen molar-refractivity contribution in [3.05, 3.63) is 23.8 Å². The Morgan fingerprint density at radius 1 is 1.35 bits per heavy atom. The van der Waals surface area contributed by atoms with E-state index in [0.29, 0.717) is 18.0 Å². The first-order valence-electron chi connectivity index (χ1n) is 8.48. The second-order valence-electron chi connectivity index (χ2n) is 6.54. The molecule has 26 heavy (non-hydrogen) atoms. The first kappa shape index (κ1) is 18.2. The number of nitrogens with zero attached hydrogens (tertiary/aromatic N) is 2. The molecule has 3 rings (SSSR count). The lowest BCUT2D eigenvalue weighted by Gasteiger charge is -2.34. The molecule has 0 aliphatic carbocycles. The number of amides is 2. The van der Waals surface area contributed by atoms with E-state index in [-0.39, 0.29) is 37.9 Å². The number of hydrogen-bond acceptors (Lipinski definition) is 5. The van der Waals surface area contributed by atoms with E-state index in [1.54, 1.807) is 11.0 Å². The van der Waals surface area contributed by atoms with Gasteiger partial charge in [0.2, 0.25) is 11.8 Å². The Morgan fingerprint density at radius 2 is 2.12 bits per heavy atom. The maximum absolute atomic E-state index is 12.9. The van der Waals surface area contributed by atoms with Gasteiger partial charge in [-0.2, -0.15) is 0 Å². The van der Waals surface area contributed by atoms with E-state index in [0.717, 1.165) is 5.56 Å². The summed E-state index contributed by atoms with van der Waals surface area (Å²) in [5.74, 6) is -1.60. The fourth-order valence-corrected chi connectivity index (χ4v) is 3.42. The lowest BCUT2D eigenvalue weighted by Crippen LogP contribution is -2.54. The van der Waals surface area contributed by atoms with Gasteiger partial charge in [0.05, 0.1) is 31.9 Å². The molecule has 1 aromatic carbocycles. The van der Waals surface area contributed by atoms with Gasteiger partial charge < -0.3 is 24.4 Å². The van der Waals surface area contributed by atoms with Crippen molar-refractivity contribution in [3.63, 3.8) is 0 Å². The number of carboxylic acids is 1. The molecule has 1 aromatic rings. The summed E-state index contributed by atoms with van der Waals surface area (Å²) in [5, 5.41) is 9.31. The third-order valence-corrected chi connectivity index (χ3v) is 4.80. The predicted octanol–water partition coefficient (Wildman–Crippen LogP) is 0.669. The van der Waals surface area contributed by atoms with Gasteiger partial charge in [-0.15, -0.1) is 0 Å². The SMILES string of the molecule is COc1ccc(C)cc1N1C[C@@H](C(=O)N2CCOC[C@H]2C(=O)O)CC1=O. The fraction of sp³-hybridized carbons (Fsp3) is 0.500. The summed E-state index contributed by atoms with van der Waals surface area (Å²) in [7, 11) is 1.53. The van der Waals surface area contributed by atoms with Crippen molar-refractivity contribution in [1.29, 1.82) is 0 Å². The molecule has 1 N–H and O–H groups in total. The minimum absolute atomic E-state index is 0.0306. The Labute approximate surface area is 151 Å². The highest BCUT2D eigenvalue weighted by atomic mass is 16.5. The van der Waals surface area contributed by atoms with Crippen LogP contribution in [0.1, 0.15) is 12.0 Å². The van der Waals surface area contributed by atoms with Crippen molar-refractivity contribution in [2.45, 2.75) is 19.4 Å². The summed E-state index contributed by atoms with van der Waals surface area (Å²) < 4.78 is 10.5. The molecule has 8 nitrogen and oxygen atoms in total. The molecule has 2 saturated heterocycles. The summed E-state index contributed by atoms with van der Waals surface area (Å²) >= 11 is 0. The van der Waals surface area contributed by atoms with Crippen molar-refractivity contribution in [3.8, 4) is 5.75 Å². The van der Waals surface area contributed by atoms with Gasteiger partial charge in [0, 0.05) is 19.5 Å². The van der Waals surface area contributed by atoms with E-state index in [4.69, 9.17) is 9.47 Å². The molecule has 2 aliphatic rings. The van der Waals surface area contributed by atoms with Gasteiger partial charge in [-0.05, 0) is 24.6 Å². The zero-order valence-corrected chi connectivity index (χ0v) is 14.8. The summed E-state index contributed by atoms with van der Waals surface area (Å²) in [4.78, 5) is 39.6. The zero-order valence-electron chi connectivity index (χ0n) is 14.8. The third kappa shape index (κ3) is 3.37. The Balaban J connectivity index is 1.80. The molecule has 2 fully saturated rings. The number of morpholine rings is 1. The molecular formula is C18H22N2O6. The molecule has 0 aromatic heterocycles. The monoisotopic (exact) mass is 362 g/mol. The summed E-state index contributed by atoms with van der Waals surface area (Å²) in [6, 6.07) is 4.51. The minimum Gasteiger partial charge on any atom is -0.495 e. The molecule has 2 aliphatic heterocycles. The average Bonchev–Trinajstić information content (AvgIpc) is 3.02. The lowest BCUT2D eigenvalue weighted by molar-refractivity contribution is -0.160. The van der Waals surface area contributed by atoms with E-state index in [1.807, 2.05) is 19.1 Å². The van der Waals surface area contributed by atoms with Gasteiger partial charge in [-0.25, -0.2) is 4.79 Å². The van der Waals surface area contributed by atoms with Gasteiger partial charge >= 0.3 is 5.97 Å². The number of carbonyl (C=O) groups excluding carboxylic acids is 2. The van der Waals surface area contributed by atoms with Crippen molar-refractivity contribution < 1.29 is 29.0 Å². The normalized spacial score (nSPS) is 23.2. The molecule has 0 radical (unpaired) electrons. The van der Waals surface area contributed by atoms with Crippen molar-refractivity contribution in [2.75, 3.05) is 38.3 Å². The van der Waals surface area contributed by atoms with Gasteiger partial charge in [-0.1, -0.05) is 6.07 Å². The van der Waals surface area contributed by atoms with Crippen LogP contribution < -0.4 is 9.64 Å². The summed E-state index contributed by atoms with van der Waals surface area (Å²) in [6.45, 7) is 2.61. The van der Waals surface area contributed by atoms with Crippen LogP contribution in [0.25, 0.3) is 0 Å². The molecule has 0 unspecified atom stereocenters. The third-order valence-electron chi connectivity index (χ3n) is 4.80. The highest BCUT2D eigenvalue weighted by Gasteiger charge is 2.42. The zero-order chi connectivity index (χ0) is 18.8. The largest absolute Gasteiger partial charge is 0.495 e. The number of anilines is 1. The molecule has 2 atom stereocenters. The molecule has 0 bridgehead atoms. The topological polar surface area (TPSA) is 96.4 Å². The first-order chi connectivity index (χ1) is 12.4. The van der Waals surface area contributed by atoms with Crippen molar-refractivity contribution in [2.24, 2.45) is 5.92 Å². The number of aliphatic carboxylic acids is 1. The van der Waals surface area contributed by atoms with Gasteiger partial charge in [0.25, 0.3) is 0 Å². The molecule has 140 valence electrons. The number of benzene rings is 1. The maximum Gasteiger partial charge on any atom is 0.328 e. The number of carbonyl (C=O) groups is 3. The smallest absolute Gasteiger partial charge is 0.328 e. The minimum atomic E-state index is -1.10. The summed E-state index contributed by atoms with van der Waals surface area (Å²) in [6.07, 6.45) is 0.0552. The average molecular weight is 362 g/mol. The second-order valence-corrected chi connectivity index (χ2v) is 6.54. The standard InChI is InChI=1S/C18H22N2O6/c1-11-3-4-15(25-2)13(7-11)20-9-12(8-16(20)21)17(22)19-5-6-26-10-14(19)18(23)24/h3-4,7,12,14H,5-6,8-10H2,1-2H3,(H,23,24)/t12-,14-/m0/s1. The van der Waals surface area contributed by atoms with E-state index in [1.165, 1.54) is 12.0 Å². The Bertz CT molecular complexity index is 734. The van der Waals surface area contributed by atoms with Crippen LogP contribution in [0.4, 0.5) is 5.69 Å². The Hall–Kier alpha value is -2.61. The highest BCUT2D eigenvalue weighted by Crippen LogP contribution is 2.34. The number of rotatable bonds is 4. The number of carboxylic acid groups (broad SMARTS) is 1. The van der Waals surface area contributed by atoms with Gasteiger partial charge in [0.15, 0.2) is 6.04 Å². The van der Waals surface area contributed by atoms with E-state index in [2.05, 4.69) is 0 Å². The van der Waals surface area contributed by atoms with Crippen molar-refractivity contribution in [1.82, 2.24) is 4.90 Å². The predicted molar refractivity (Wildman–Crippen MR) is 92.1 cm³/mol. The number of hydrogen-bond donors (Lipinski definition) is 1. The second kappa shape index (κ2) is 7.33. The van der Waals surface area contributed by atoms with Crippen LogP contribution in [0.2, 0.25) is 0 Å². The quantitative estimate of drug-likeness (QED) is 0.846. The molecule has 2 amide bonds. The van der Waals surface area contributed by atoms with Gasteiger partial charge in [0.1, 0.15) is 5.75 Å². The number of methoxy groups -OCH3 is 1. The van der Waals surface area contributed by atoms with Crippen LogP contribution in [-0.4, -0.2) is 67.2 Å². The van der Waals surface area contributed by atoms with Crippen molar-refractivity contribution >= 4 is 23.5 Å². The molecule has 0 spiro atoms. The molecule has 8 heteroatoms. The van der Waals surface area contributed by atoms with Crippen LogP contribution in [0.15, 0.2) is 18.2 Å². The van der Waals surface area contributed by atoms with Crippen LogP contribution in [-0.2, 0) is 19.1 Å². The van der Waals surface area contributed by atoms with Gasteiger partial charge in [-0.3, -0.25) is 9.59 Å². The Morgan fingerprint density at radius 3 is 2.81 bits per heavy atom. The first-order valence-corrected chi connectivity index (χ1v) is 8.48. The number of ether oxygens (including phenoxy) is 2. The molecule has 0 saturated carbocycles. The van der Waals surface area contributed by atoms with Crippen LogP contribution in [0.5, 0.6) is 5.75 Å². The summed E-state index contributed by atoms with van der Waals surface area (Å²) in [5.41, 5.74) is 1.60. The molecular weight excluding hydrogens is 340 g/mol. The lowest BCUT2D eigenvalue weighted by atomic mass is 10.1. The van der Waals surface area contributed by atoms with E-state index < -0.39 is 17.9 Å². The molecule has 2 heterocycles. The maximum atomic E-state index is 12.9. The van der Waals surface area contributed by atoms with Crippen LogP contribution >= 0.6 is 0 Å². The van der Waals surface area contributed by atoms with E-state index >= 15 is 0 Å².